The molecule has 3 N–H and O–H groups in total. The van der Waals surface area contributed by atoms with Crippen molar-refractivity contribution in [2.24, 2.45) is 0 Å². The topological polar surface area (TPSA) is 78.0 Å². The van der Waals surface area contributed by atoms with Crippen LogP contribution in [0.3, 0.4) is 0 Å². The molecule has 0 unspecified atom stereocenters. The molecule has 1 aromatic rings. The van der Waals surface area contributed by atoms with Gasteiger partial charge in [0.2, 0.25) is 0 Å². The summed E-state index contributed by atoms with van der Waals surface area (Å²) in [5.74, 6) is -0.984. The summed E-state index contributed by atoms with van der Waals surface area (Å²) in [7, 11) is 0. The molecule has 0 radical (unpaired) electrons. The standard InChI is InChI=1S/C7H9N3O2.ClH/c11-7(12)6-5-4(9-10-6)2-1-3-8-5;/h8H,1-3H2,(H,9,10)(H,11,12);1H. The lowest BCUT2D eigenvalue weighted by Gasteiger charge is -2.12. The highest BCUT2D eigenvalue weighted by atomic mass is 35.5. The molecule has 2 heterocycles. The quantitative estimate of drug-likeness (QED) is 0.634. The van der Waals surface area contributed by atoms with Crippen LogP contribution >= 0.6 is 12.4 Å². The van der Waals surface area contributed by atoms with E-state index in [0.29, 0.717) is 5.69 Å². The number of nitrogens with one attached hydrogen (secondary N) is 2. The minimum absolute atomic E-state index is 0. The second-order valence-corrected chi connectivity index (χ2v) is 2.76. The van der Waals surface area contributed by atoms with Crippen LogP contribution in [0.15, 0.2) is 0 Å². The number of hydrogen-bond acceptors (Lipinski definition) is 3. The largest absolute Gasteiger partial charge is 0.476 e. The Morgan fingerprint density at radius 3 is 3.00 bits per heavy atom. The van der Waals surface area contributed by atoms with Crippen molar-refractivity contribution in [3.63, 3.8) is 0 Å². The minimum atomic E-state index is -0.984. The predicted octanol–water partition coefficient (Wildman–Crippen LogP) is 0.888. The van der Waals surface area contributed by atoms with Crippen LogP contribution in [-0.2, 0) is 6.42 Å². The number of aromatic carboxylic acids is 1. The third-order valence-electron chi connectivity index (χ3n) is 1.95. The highest BCUT2D eigenvalue weighted by Crippen LogP contribution is 2.22. The van der Waals surface area contributed by atoms with Gasteiger partial charge in [-0.15, -0.1) is 12.4 Å². The van der Waals surface area contributed by atoms with Crippen LogP contribution in [0.2, 0.25) is 0 Å². The number of rotatable bonds is 1. The van der Waals surface area contributed by atoms with Gasteiger partial charge in [-0.2, -0.15) is 5.10 Å². The summed E-state index contributed by atoms with van der Waals surface area (Å²) in [4.78, 5) is 10.6. The molecule has 0 saturated heterocycles. The summed E-state index contributed by atoms with van der Waals surface area (Å²) in [5.41, 5.74) is 1.66. The fourth-order valence-electron chi connectivity index (χ4n) is 1.38. The Hall–Kier alpha value is -1.23. The van der Waals surface area contributed by atoms with E-state index >= 15 is 0 Å². The lowest BCUT2D eigenvalue weighted by atomic mass is 10.1. The maximum atomic E-state index is 10.6. The number of halogens is 1. The van der Waals surface area contributed by atoms with Crippen LogP contribution in [-0.4, -0.2) is 27.8 Å². The molecule has 0 aliphatic carbocycles. The molecule has 13 heavy (non-hydrogen) atoms. The van der Waals surface area contributed by atoms with Gasteiger partial charge < -0.3 is 10.4 Å². The van der Waals surface area contributed by atoms with E-state index in [0.717, 1.165) is 25.1 Å². The van der Waals surface area contributed by atoms with Crippen LogP contribution in [0, 0.1) is 0 Å². The summed E-state index contributed by atoms with van der Waals surface area (Å²) in [5, 5.41) is 18.1. The Bertz CT molecular complexity index is 324. The van der Waals surface area contributed by atoms with Crippen LogP contribution in [0.1, 0.15) is 22.6 Å². The van der Waals surface area contributed by atoms with Gasteiger partial charge in [-0.25, -0.2) is 4.79 Å². The van der Waals surface area contributed by atoms with Gasteiger partial charge in [0.25, 0.3) is 0 Å². The normalized spacial score (nSPS) is 13.8. The summed E-state index contributed by atoms with van der Waals surface area (Å²) < 4.78 is 0. The Balaban J connectivity index is 0.000000845. The molecule has 2 rings (SSSR count). The van der Waals surface area contributed by atoms with Gasteiger partial charge in [-0.3, -0.25) is 5.10 Å². The molecule has 0 atom stereocenters. The van der Waals surface area contributed by atoms with Crippen molar-refractivity contribution >= 4 is 24.1 Å². The number of nitrogens with zero attached hydrogens (tertiary/aromatic N) is 1. The number of aromatic amines is 1. The van der Waals surface area contributed by atoms with Crippen LogP contribution in [0.5, 0.6) is 0 Å². The highest BCUT2D eigenvalue weighted by molar-refractivity contribution is 5.92. The van der Waals surface area contributed by atoms with Crippen molar-refractivity contribution < 1.29 is 9.90 Å². The number of carbonyl (C=O) groups is 1. The number of aryl methyl sites for hydroxylation is 1. The lowest BCUT2D eigenvalue weighted by Crippen LogP contribution is -2.13. The van der Waals surface area contributed by atoms with Gasteiger partial charge >= 0.3 is 5.97 Å². The summed E-state index contributed by atoms with van der Waals surface area (Å²) >= 11 is 0. The number of aromatic nitrogens is 2. The summed E-state index contributed by atoms with van der Waals surface area (Å²) in [6.07, 6.45) is 1.90. The first kappa shape index (κ1) is 9.85. The SMILES string of the molecule is Cl.O=C(O)c1n[nH]c2c1NCCC2. The van der Waals surface area contributed by atoms with Gasteiger partial charge in [0.15, 0.2) is 5.69 Å². The van der Waals surface area contributed by atoms with E-state index in [9.17, 15) is 4.79 Å². The summed E-state index contributed by atoms with van der Waals surface area (Å²) in [6.45, 7) is 0.826. The van der Waals surface area contributed by atoms with Gasteiger partial charge in [-0.05, 0) is 12.8 Å². The molecule has 72 valence electrons. The first-order valence-corrected chi connectivity index (χ1v) is 3.83. The van der Waals surface area contributed by atoms with Crippen LogP contribution < -0.4 is 5.32 Å². The highest BCUT2D eigenvalue weighted by Gasteiger charge is 2.20. The van der Waals surface area contributed by atoms with E-state index in [1.165, 1.54) is 0 Å². The summed E-state index contributed by atoms with van der Waals surface area (Å²) in [6, 6.07) is 0. The van der Waals surface area contributed by atoms with Crippen LogP contribution in [0.25, 0.3) is 0 Å². The number of fused-ring (bicyclic) bond motifs is 1. The molecule has 0 bridgehead atoms. The fraction of sp³-hybridized carbons (Fsp3) is 0.429. The van der Waals surface area contributed by atoms with E-state index in [-0.39, 0.29) is 18.1 Å². The van der Waals surface area contributed by atoms with Crippen molar-refractivity contribution in [2.45, 2.75) is 12.8 Å². The average Bonchev–Trinajstić information content (AvgIpc) is 2.47. The van der Waals surface area contributed by atoms with Crippen molar-refractivity contribution in [3.05, 3.63) is 11.4 Å². The van der Waals surface area contributed by atoms with Gasteiger partial charge in [-0.1, -0.05) is 0 Å². The molecular weight excluding hydrogens is 194 g/mol. The zero-order valence-electron chi connectivity index (χ0n) is 6.83. The number of carboxylic acid groups (broad SMARTS) is 1. The van der Waals surface area contributed by atoms with Crippen molar-refractivity contribution in [2.75, 3.05) is 11.9 Å². The van der Waals surface area contributed by atoms with E-state index in [4.69, 9.17) is 5.11 Å². The van der Waals surface area contributed by atoms with Crippen molar-refractivity contribution in [1.29, 1.82) is 0 Å². The molecule has 0 aromatic carbocycles. The first-order valence-electron chi connectivity index (χ1n) is 3.83. The first-order chi connectivity index (χ1) is 5.79. The number of hydrogen-bond donors (Lipinski definition) is 3. The molecule has 0 spiro atoms. The van der Waals surface area contributed by atoms with E-state index in [2.05, 4.69) is 15.5 Å². The zero-order chi connectivity index (χ0) is 8.55. The molecule has 1 aromatic heterocycles. The maximum Gasteiger partial charge on any atom is 0.358 e. The Kier molecular flexibility index (Phi) is 2.77. The number of H-pyrrole nitrogens is 1. The Labute approximate surface area is 80.9 Å². The Morgan fingerprint density at radius 1 is 1.54 bits per heavy atom. The van der Waals surface area contributed by atoms with Gasteiger partial charge in [0.05, 0.1) is 11.4 Å². The molecule has 6 heteroatoms. The van der Waals surface area contributed by atoms with E-state index in [1.54, 1.807) is 0 Å². The predicted molar refractivity (Wildman–Crippen MR) is 49.6 cm³/mol. The average molecular weight is 204 g/mol. The van der Waals surface area contributed by atoms with E-state index in [1.807, 2.05) is 0 Å². The molecule has 0 amide bonds. The zero-order valence-corrected chi connectivity index (χ0v) is 7.65. The van der Waals surface area contributed by atoms with Crippen LogP contribution in [0.4, 0.5) is 5.69 Å². The molecule has 1 aliphatic rings. The molecule has 0 saturated carbocycles. The Morgan fingerprint density at radius 2 is 2.31 bits per heavy atom. The third kappa shape index (κ3) is 1.60. The molecule has 1 aliphatic heterocycles. The fourth-order valence-corrected chi connectivity index (χ4v) is 1.38. The maximum absolute atomic E-state index is 10.6. The van der Waals surface area contributed by atoms with Gasteiger partial charge in [0.1, 0.15) is 0 Å². The number of carboxylic acids is 1. The lowest BCUT2D eigenvalue weighted by molar-refractivity contribution is 0.0691. The minimum Gasteiger partial charge on any atom is -0.476 e. The molecular formula is C7H10ClN3O2. The second kappa shape index (κ2) is 3.66. The second-order valence-electron chi connectivity index (χ2n) is 2.76. The van der Waals surface area contributed by atoms with E-state index < -0.39 is 5.97 Å². The van der Waals surface area contributed by atoms with Gasteiger partial charge in [0, 0.05) is 6.54 Å². The number of anilines is 1. The monoisotopic (exact) mass is 203 g/mol. The van der Waals surface area contributed by atoms with Crippen molar-refractivity contribution in [1.82, 2.24) is 10.2 Å². The molecule has 5 nitrogen and oxygen atoms in total. The smallest absolute Gasteiger partial charge is 0.358 e. The third-order valence-corrected chi connectivity index (χ3v) is 1.95. The molecule has 0 fully saturated rings. The van der Waals surface area contributed by atoms with Crippen molar-refractivity contribution in [3.8, 4) is 0 Å².